The van der Waals surface area contributed by atoms with Gasteiger partial charge in [-0.15, -0.1) is 0 Å². The third kappa shape index (κ3) is 3.87. The summed E-state index contributed by atoms with van der Waals surface area (Å²) in [5, 5.41) is 5.51. The number of hydrogen-bond acceptors (Lipinski definition) is 1. The highest BCUT2D eigenvalue weighted by Crippen LogP contribution is 2.25. The van der Waals surface area contributed by atoms with E-state index in [0.717, 1.165) is 10.6 Å². The monoisotopic (exact) mass is 313 g/mol. The lowest BCUT2D eigenvalue weighted by molar-refractivity contribution is 0.575. The molecule has 0 heterocycles. The van der Waals surface area contributed by atoms with E-state index < -0.39 is 0 Å². The molecule has 0 spiro atoms. The summed E-state index contributed by atoms with van der Waals surface area (Å²) < 4.78 is 0. The Bertz CT molecular complexity index is 532. The van der Waals surface area contributed by atoms with Gasteiger partial charge in [0.2, 0.25) is 0 Å². The van der Waals surface area contributed by atoms with Gasteiger partial charge < -0.3 is 5.32 Å². The van der Waals surface area contributed by atoms with E-state index in [1.54, 1.807) is 0 Å². The molecule has 100 valence electrons. The molecule has 1 unspecified atom stereocenters. The molecule has 0 aliphatic rings. The molecule has 0 amide bonds. The van der Waals surface area contributed by atoms with Gasteiger partial charge in [-0.3, -0.25) is 0 Å². The summed E-state index contributed by atoms with van der Waals surface area (Å²) in [5.74, 6) is 0. The van der Waals surface area contributed by atoms with Gasteiger partial charge in [-0.05, 0) is 36.8 Å². The maximum atomic E-state index is 6.14. The Morgan fingerprint density at radius 2 is 1.53 bits per heavy atom. The van der Waals surface area contributed by atoms with Crippen molar-refractivity contribution in [2.75, 3.05) is 0 Å². The Kier molecular flexibility index (Phi) is 5.12. The molecule has 0 aliphatic carbocycles. The van der Waals surface area contributed by atoms with Gasteiger partial charge in [-0.1, -0.05) is 53.0 Å². The van der Waals surface area contributed by atoms with Crippen molar-refractivity contribution in [1.82, 2.24) is 5.32 Å². The summed E-state index contributed by atoms with van der Waals surface area (Å²) in [6.45, 7) is 2.72. The Balaban J connectivity index is 2.04. The first-order chi connectivity index (χ1) is 9.08. The lowest BCUT2D eigenvalue weighted by Crippen LogP contribution is -2.18. The first-order valence-corrected chi connectivity index (χ1v) is 7.13. The molecule has 4 heteroatoms. The van der Waals surface area contributed by atoms with E-state index in [-0.39, 0.29) is 6.04 Å². The third-order valence-electron chi connectivity index (χ3n) is 3.02. The minimum Gasteiger partial charge on any atom is -0.306 e. The van der Waals surface area contributed by atoms with Crippen molar-refractivity contribution in [3.8, 4) is 0 Å². The van der Waals surface area contributed by atoms with Gasteiger partial charge in [0.1, 0.15) is 0 Å². The first-order valence-electron chi connectivity index (χ1n) is 5.99. The highest BCUT2D eigenvalue weighted by molar-refractivity contribution is 6.36. The zero-order valence-corrected chi connectivity index (χ0v) is 12.7. The van der Waals surface area contributed by atoms with Crippen LogP contribution in [-0.2, 0) is 6.54 Å². The largest absolute Gasteiger partial charge is 0.306 e. The van der Waals surface area contributed by atoms with Crippen molar-refractivity contribution < 1.29 is 0 Å². The highest BCUT2D eigenvalue weighted by Gasteiger charge is 2.08. The molecule has 0 radical (unpaired) electrons. The van der Waals surface area contributed by atoms with Gasteiger partial charge in [-0.25, -0.2) is 0 Å². The zero-order chi connectivity index (χ0) is 13.8. The van der Waals surface area contributed by atoms with Crippen LogP contribution >= 0.6 is 34.8 Å². The van der Waals surface area contributed by atoms with Gasteiger partial charge in [0.05, 0.1) is 0 Å². The SMILES string of the molecule is CC(NCc1c(Cl)cccc1Cl)c1ccc(Cl)cc1. The van der Waals surface area contributed by atoms with Crippen molar-refractivity contribution in [2.24, 2.45) is 0 Å². The third-order valence-corrected chi connectivity index (χ3v) is 3.98. The number of halogens is 3. The molecule has 0 bridgehead atoms. The van der Waals surface area contributed by atoms with Gasteiger partial charge in [0, 0.05) is 33.2 Å². The summed E-state index contributed by atoms with van der Waals surface area (Å²) in [5.41, 5.74) is 2.10. The van der Waals surface area contributed by atoms with Crippen LogP contribution in [0.3, 0.4) is 0 Å². The van der Waals surface area contributed by atoms with E-state index in [1.165, 1.54) is 5.56 Å². The maximum Gasteiger partial charge on any atom is 0.0465 e. The summed E-state index contributed by atoms with van der Waals surface area (Å²) >= 11 is 18.2. The maximum absolute atomic E-state index is 6.14. The molecule has 2 rings (SSSR count). The molecule has 1 N–H and O–H groups in total. The van der Waals surface area contributed by atoms with Gasteiger partial charge in [0.25, 0.3) is 0 Å². The topological polar surface area (TPSA) is 12.0 Å². The minimum atomic E-state index is 0.199. The second-order valence-electron chi connectivity index (χ2n) is 4.35. The van der Waals surface area contributed by atoms with E-state index in [1.807, 2.05) is 42.5 Å². The molecule has 19 heavy (non-hydrogen) atoms. The van der Waals surface area contributed by atoms with Gasteiger partial charge in [-0.2, -0.15) is 0 Å². The first kappa shape index (κ1) is 14.7. The Morgan fingerprint density at radius 1 is 0.947 bits per heavy atom. The molecule has 0 saturated heterocycles. The summed E-state index contributed by atoms with van der Waals surface area (Å²) in [4.78, 5) is 0. The zero-order valence-electron chi connectivity index (χ0n) is 10.5. The molecular weight excluding hydrogens is 301 g/mol. The minimum absolute atomic E-state index is 0.199. The normalized spacial score (nSPS) is 12.4. The van der Waals surface area contributed by atoms with Crippen LogP contribution in [0, 0.1) is 0 Å². The highest BCUT2D eigenvalue weighted by atomic mass is 35.5. The summed E-state index contributed by atoms with van der Waals surface area (Å²) in [6, 6.07) is 13.5. The number of rotatable bonds is 4. The van der Waals surface area contributed by atoms with Crippen LogP contribution in [0.4, 0.5) is 0 Å². The second kappa shape index (κ2) is 6.62. The summed E-state index contributed by atoms with van der Waals surface area (Å²) in [7, 11) is 0. The quantitative estimate of drug-likeness (QED) is 0.786. The van der Waals surface area contributed by atoms with E-state index in [4.69, 9.17) is 34.8 Å². The average Bonchev–Trinajstić information content (AvgIpc) is 2.38. The van der Waals surface area contributed by atoms with Crippen LogP contribution in [0.25, 0.3) is 0 Å². The number of hydrogen-bond donors (Lipinski definition) is 1. The molecule has 1 nitrogen and oxygen atoms in total. The average molecular weight is 315 g/mol. The Labute approximate surface area is 128 Å². The van der Waals surface area contributed by atoms with E-state index >= 15 is 0 Å². The molecule has 0 aliphatic heterocycles. The molecule has 0 fully saturated rings. The van der Waals surface area contributed by atoms with E-state index in [2.05, 4.69) is 12.2 Å². The predicted molar refractivity (Wildman–Crippen MR) is 83.2 cm³/mol. The van der Waals surface area contributed by atoms with E-state index in [9.17, 15) is 0 Å². The standard InChI is InChI=1S/C15H14Cl3N/c1-10(11-5-7-12(16)8-6-11)19-9-13-14(17)3-2-4-15(13)18/h2-8,10,19H,9H2,1H3. The van der Waals surface area contributed by atoms with Crippen LogP contribution in [0.15, 0.2) is 42.5 Å². The van der Waals surface area contributed by atoms with E-state index in [0.29, 0.717) is 16.6 Å². The van der Waals surface area contributed by atoms with Gasteiger partial charge >= 0.3 is 0 Å². The molecule has 2 aromatic rings. The lowest BCUT2D eigenvalue weighted by Gasteiger charge is -2.15. The summed E-state index contributed by atoms with van der Waals surface area (Å²) in [6.07, 6.45) is 0. The van der Waals surface area contributed by atoms with Crippen LogP contribution in [0.2, 0.25) is 15.1 Å². The van der Waals surface area contributed by atoms with Crippen LogP contribution in [0.5, 0.6) is 0 Å². The molecule has 2 aromatic carbocycles. The van der Waals surface area contributed by atoms with Gasteiger partial charge in [0.15, 0.2) is 0 Å². The van der Waals surface area contributed by atoms with Crippen LogP contribution in [-0.4, -0.2) is 0 Å². The fraction of sp³-hybridized carbons (Fsp3) is 0.200. The molecule has 1 atom stereocenters. The fourth-order valence-corrected chi connectivity index (χ4v) is 2.48. The van der Waals surface area contributed by atoms with Crippen molar-refractivity contribution in [3.05, 3.63) is 68.7 Å². The number of nitrogens with one attached hydrogen (secondary N) is 1. The Morgan fingerprint density at radius 3 is 2.11 bits per heavy atom. The molecule has 0 aromatic heterocycles. The van der Waals surface area contributed by atoms with Crippen molar-refractivity contribution in [3.63, 3.8) is 0 Å². The Hall–Kier alpha value is -0.730. The second-order valence-corrected chi connectivity index (χ2v) is 5.61. The van der Waals surface area contributed by atoms with Crippen LogP contribution in [0.1, 0.15) is 24.1 Å². The van der Waals surface area contributed by atoms with Crippen LogP contribution < -0.4 is 5.32 Å². The fourth-order valence-electron chi connectivity index (χ4n) is 1.83. The van der Waals surface area contributed by atoms with Crippen molar-refractivity contribution in [1.29, 1.82) is 0 Å². The van der Waals surface area contributed by atoms with Crippen molar-refractivity contribution in [2.45, 2.75) is 19.5 Å². The lowest BCUT2D eigenvalue weighted by atomic mass is 10.1. The van der Waals surface area contributed by atoms with Crippen molar-refractivity contribution >= 4 is 34.8 Å². The molecule has 0 saturated carbocycles. The predicted octanol–water partition coefficient (Wildman–Crippen LogP) is 5.50. The molecular formula is C15H14Cl3N. The smallest absolute Gasteiger partial charge is 0.0465 e. The number of benzene rings is 2.